The Morgan fingerprint density at radius 3 is 2.60 bits per heavy atom. The molecule has 2 heterocycles. The van der Waals surface area contributed by atoms with Crippen LogP contribution in [0.5, 0.6) is 5.75 Å². The molecule has 5 nitrogen and oxygen atoms in total. The average Bonchev–Trinajstić information content (AvgIpc) is 3.04. The van der Waals surface area contributed by atoms with E-state index < -0.39 is 0 Å². The summed E-state index contributed by atoms with van der Waals surface area (Å²) < 4.78 is 10.2. The monoisotopic (exact) mass is 276 g/mol. The van der Waals surface area contributed by atoms with E-state index in [1.165, 1.54) is 13.5 Å². The fraction of sp³-hybridized carbons (Fsp3) is 0.533. The molecular weight excluding hydrogens is 256 g/mol. The standard InChI is InChI=1S/C15H20N2O3/c1-16-8-12-7-11(16)9-17(12)13-5-4-10(15(18)20-3)6-14(13)19-2/h4-6,11-12H,7-9H2,1-3H3/t11-,12-/m1/s1. The van der Waals surface area contributed by atoms with E-state index >= 15 is 0 Å². The van der Waals surface area contributed by atoms with Gasteiger partial charge in [0, 0.05) is 25.2 Å². The fourth-order valence-electron chi connectivity index (χ4n) is 3.32. The predicted molar refractivity (Wildman–Crippen MR) is 76.5 cm³/mol. The molecule has 2 fully saturated rings. The summed E-state index contributed by atoms with van der Waals surface area (Å²) in [6, 6.07) is 6.70. The van der Waals surface area contributed by atoms with Gasteiger partial charge in [0.25, 0.3) is 0 Å². The first kappa shape index (κ1) is 13.2. The highest BCUT2D eigenvalue weighted by Crippen LogP contribution is 2.38. The van der Waals surface area contributed by atoms with Crippen LogP contribution in [-0.2, 0) is 4.74 Å². The molecule has 0 saturated carbocycles. The number of likely N-dealkylation sites (tertiary alicyclic amines) is 1. The topological polar surface area (TPSA) is 42.0 Å². The second kappa shape index (κ2) is 4.98. The number of carbonyl (C=O) groups is 1. The van der Waals surface area contributed by atoms with Crippen LogP contribution in [0.1, 0.15) is 16.8 Å². The highest BCUT2D eigenvalue weighted by molar-refractivity contribution is 5.90. The molecule has 108 valence electrons. The summed E-state index contributed by atoms with van der Waals surface area (Å²) in [5, 5.41) is 0. The molecule has 0 N–H and O–H groups in total. The Morgan fingerprint density at radius 1 is 1.25 bits per heavy atom. The summed E-state index contributed by atoms with van der Waals surface area (Å²) in [6.07, 6.45) is 1.21. The number of esters is 1. The van der Waals surface area contributed by atoms with Crippen LogP contribution >= 0.6 is 0 Å². The van der Waals surface area contributed by atoms with Gasteiger partial charge in [0.15, 0.2) is 0 Å². The Bertz CT molecular complexity index is 530. The molecule has 2 bridgehead atoms. The molecule has 3 rings (SSSR count). The number of rotatable bonds is 3. The second-order valence-corrected chi connectivity index (χ2v) is 5.51. The van der Waals surface area contributed by atoms with E-state index in [1.54, 1.807) is 19.2 Å². The van der Waals surface area contributed by atoms with Crippen molar-refractivity contribution in [2.75, 3.05) is 39.3 Å². The van der Waals surface area contributed by atoms with Crippen molar-refractivity contribution >= 4 is 11.7 Å². The number of ether oxygens (including phenoxy) is 2. The van der Waals surface area contributed by atoms with Gasteiger partial charge in [0.05, 0.1) is 25.5 Å². The third-order valence-corrected chi connectivity index (χ3v) is 4.42. The van der Waals surface area contributed by atoms with E-state index in [2.05, 4.69) is 16.8 Å². The smallest absolute Gasteiger partial charge is 0.337 e. The van der Waals surface area contributed by atoms with Crippen molar-refractivity contribution in [3.8, 4) is 5.75 Å². The van der Waals surface area contributed by atoms with Crippen LogP contribution in [0, 0.1) is 0 Å². The summed E-state index contributed by atoms with van der Waals surface area (Å²) in [4.78, 5) is 16.4. The van der Waals surface area contributed by atoms with Crippen molar-refractivity contribution in [3.63, 3.8) is 0 Å². The summed E-state index contributed by atoms with van der Waals surface area (Å²) in [5.41, 5.74) is 1.59. The van der Waals surface area contributed by atoms with Gasteiger partial charge in [-0.15, -0.1) is 0 Å². The zero-order valence-electron chi connectivity index (χ0n) is 12.1. The summed E-state index contributed by atoms with van der Waals surface area (Å²) in [6.45, 7) is 2.11. The molecule has 1 aromatic rings. The fourth-order valence-corrected chi connectivity index (χ4v) is 3.32. The number of nitrogens with zero attached hydrogens (tertiary/aromatic N) is 2. The molecule has 0 amide bonds. The SMILES string of the molecule is COC(=O)c1ccc(N2C[C@H]3C[C@@H]2CN3C)c(OC)c1. The molecule has 2 saturated heterocycles. The molecular formula is C15H20N2O3. The molecule has 0 unspecified atom stereocenters. The quantitative estimate of drug-likeness (QED) is 0.780. The maximum absolute atomic E-state index is 11.6. The normalized spacial score (nSPS) is 25.1. The van der Waals surface area contributed by atoms with Crippen molar-refractivity contribution in [1.82, 2.24) is 4.90 Å². The van der Waals surface area contributed by atoms with Crippen LogP contribution in [0.15, 0.2) is 18.2 Å². The Labute approximate surface area is 119 Å². The summed E-state index contributed by atoms with van der Waals surface area (Å²) >= 11 is 0. The van der Waals surface area contributed by atoms with Crippen molar-refractivity contribution in [2.24, 2.45) is 0 Å². The van der Waals surface area contributed by atoms with Gasteiger partial charge >= 0.3 is 5.97 Å². The summed E-state index contributed by atoms with van der Waals surface area (Å²) in [7, 11) is 5.21. The van der Waals surface area contributed by atoms with Crippen molar-refractivity contribution in [2.45, 2.75) is 18.5 Å². The minimum Gasteiger partial charge on any atom is -0.495 e. The molecule has 2 atom stereocenters. The van der Waals surface area contributed by atoms with Crippen molar-refractivity contribution in [1.29, 1.82) is 0 Å². The summed E-state index contributed by atoms with van der Waals surface area (Å²) in [5.74, 6) is 0.403. The van der Waals surface area contributed by atoms with Gasteiger partial charge in [-0.3, -0.25) is 4.90 Å². The van der Waals surface area contributed by atoms with Gasteiger partial charge in [-0.2, -0.15) is 0 Å². The van der Waals surface area contributed by atoms with Crippen LogP contribution < -0.4 is 9.64 Å². The van der Waals surface area contributed by atoms with Gasteiger partial charge < -0.3 is 14.4 Å². The van der Waals surface area contributed by atoms with Crippen molar-refractivity contribution in [3.05, 3.63) is 23.8 Å². The zero-order valence-corrected chi connectivity index (χ0v) is 12.1. The maximum Gasteiger partial charge on any atom is 0.337 e. The molecule has 0 spiro atoms. The largest absolute Gasteiger partial charge is 0.495 e. The third kappa shape index (κ3) is 2.02. The first-order valence-electron chi connectivity index (χ1n) is 6.87. The number of carbonyl (C=O) groups excluding carboxylic acids is 1. The van der Waals surface area contributed by atoms with Crippen LogP contribution in [0.3, 0.4) is 0 Å². The van der Waals surface area contributed by atoms with Gasteiger partial charge in [-0.1, -0.05) is 0 Å². The van der Waals surface area contributed by atoms with Crippen LogP contribution in [0.4, 0.5) is 5.69 Å². The molecule has 5 heteroatoms. The number of likely N-dealkylation sites (N-methyl/N-ethyl adjacent to an activating group) is 1. The third-order valence-electron chi connectivity index (χ3n) is 4.42. The molecule has 0 radical (unpaired) electrons. The number of anilines is 1. The van der Waals surface area contributed by atoms with E-state index in [1.807, 2.05) is 6.07 Å². The lowest BCUT2D eigenvalue weighted by atomic mass is 10.1. The zero-order chi connectivity index (χ0) is 14.3. The Balaban J connectivity index is 1.89. The number of hydrogen-bond donors (Lipinski definition) is 0. The van der Waals surface area contributed by atoms with E-state index in [-0.39, 0.29) is 5.97 Å². The Hall–Kier alpha value is -1.75. The average molecular weight is 276 g/mol. The van der Waals surface area contributed by atoms with E-state index in [0.29, 0.717) is 17.6 Å². The van der Waals surface area contributed by atoms with Gasteiger partial charge in [-0.25, -0.2) is 4.79 Å². The van der Waals surface area contributed by atoms with Crippen LogP contribution in [0.2, 0.25) is 0 Å². The first-order valence-corrected chi connectivity index (χ1v) is 6.87. The minimum atomic E-state index is -0.336. The number of fused-ring (bicyclic) bond motifs is 2. The van der Waals surface area contributed by atoms with Gasteiger partial charge in [-0.05, 0) is 31.7 Å². The van der Waals surface area contributed by atoms with E-state index in [4.69, 9.17) is 9.47 Å². The van der Waals surface area contributed by atoms with Crippen molar-refractivity contribution < 1.29 is 14.3 Å². The Morgan fingerprint density at radius 2 is 2.05 bits per heavy atom. The minimum absolute atomic E-state index is 0.336. The lowest BCUT2D eigenvalue weighted by Gasteiger charge is -2.34. The number of hydrogen-bond acceptors (Lipinski definition) is 5. The lowest BCUT2D eigenvalue weighted by molar-refractivity contribution is 0.0600. The highest BCUT2D eigenvalue weighted by Gasteiger charge is 2.42. The first-order chi connectivity index (χ1) is 9.63. The van der Waals surface area contributed by atoms with Crippen LogP contribution in [0.25, 0.3) is 0 Å². The molecule has 0 aromatic heterocycles. The molecule has 2 aliphatic heterocycles. The molecule has 2 aliphatic rings. The van der Waals surface area contributed by atoms with E-state index in [9.17, 15) is 4.79 Å². The Kier molecular flexibility index (Phi) is 3.30. The molecule has 1 aromatic carbocycles. The molecule has 0 aliphatic carbocycles. The predicted octanol–water partition coefficient (Wildman–Crippen LogP) is 1.37. The van der Waals surface area contributed by atoms with E-state index in [0.717, 1.165) is 24.5 Å². The highest BCUT2D eigenvalue weighted by atomic mass is 16.5. The molecule has 20 heavy (non-hydrogen) atoms. The van der Waals surface area contributed by atoms with Gasteiger partial charge in [0.2, 0.25) is 0 Å². The number of piperazine rings is 1. The van der Waals surface area contributed by atoms with Crippen LogP contribution in [-0.4, -0.2) is 57.3 Å². The number of methoxy groups -OCH3 is 2. The lowest BCUT2D eigenvalue weighted by Crippen LogP contribution is -2.44. The number of benzene rings is 1. The van der Waals surface area contributed by atoms with Gasteiger partial charge in [0.1, 0.15) is 5.75 Å². The maximum atomic E-state index is 11.6. The second-order valence-electron chi connectivity index (χ2n) is 5.51.